The summed E-state index contributed by atoms with van der Waals surface area (Å²) in [6, 6.07) is 11.4. The highest BCUT2D eigenvalue weighted by atomic mass is 35.5. The highest BCUT2D eigenvalue weighted by Gasteiger charge is 2.26. The summed E-state index contributed by atoms with van der Waals surface area (Å²) in [7, 11) is -1.49. The van der Waals surface area contributed by atoms with E-state index in [4.69, 9.17) is 32.4 Å². The molecule has 11 heteroatoms. The Labute approximate surface area is 200 Å². The zero-order chi connectivity index (χ0) is 24.3. The summed E-state index contributed by atoms with van der Waals surface area (Å²) >= 11 is 12.0. The summed E-state index contributed by atoms with van der Waals surface area (Å²) in [5, 5.41) is 0.398. The van der Waals surface area contributed by atoms with Crippen LogP contribution in [0.5, 0.6) is 0 Å². The van der Waals surface area contributed by atoms with Gasteiger partial charge in [0.25, 0.3) is 10.0 Å². The Kier molecular flexibility index (Phi) is 7.36. The van der Waals surface area contributed by atoms with Crippen molar-refractivity contribution < 1.29 is 31.9 Å². The molecule has 33 heavy (non-hydrogen) atoms. The number of carbonyl (C=O) groups is 2. The number of hydrogen-bond acceptors (Lipinski definition) is 7. The average molecular weight is 512 g/mol. The largest absolute Gasteiger partial charge is 0.465 e. The van der Waals surface area contributed by atoms with Gasteiger partial charge >= 0.3 is 11.9 Å². The molecular weight excluding hydrogens is 493 g/mol. The standard InChI is InChI=1S/C22H19Cl2NO7S/c1-13-18(22(27)30-3)11-17(32-13)12-31-21(26)14-4-9-19(24)20(10-14)33(28,29)25(2)16-7-5-15(23)6-8-16/h4-11H,12H2,1-3H3. The van der Waals surface area contributed by atoms with E-state index in [1.165, 1.54) is 32.4 Å². The van der Waals surface area contributed by atoms with Crippen molar-refractivity contribution in [1.82, 2.24) is 0 Å². The fourth-order valence-corrected chi connectivity index (χ4v) is 4.73. The van der Waals surface area contributed by atoms with Gasteiger partial charge in [-0.3, -0.25) is 4.31 Å². The van der Waals surface area contributed by atoms with Crippen LogP contribution in [0.3, 0.4) is 0 Å². The lowest BCUT2D eigenvalue weighted by Gasteiger charge is -2.20. The molecule has 0 amide bonds. The summed E-state index contributed by atoms with van der Waals surface area (Å²) in [4.78, 5) is 24.0. The van der Waals surface area contributed by atoms with Gasteiger partial charge < -0.3 is 13.9 Å². The minimum Gasteiger partial charge on any atom is -0.465 e. The van der Waals surface area contributed by atoms with Crippen molar-refractivity contribution in [3.05, 3.63) is 81.2 Å². The van der Waals surface area contributed by atoms with E-state index in [0.717, 1.165) is 10.4 Å². The van der Waals surface area contributed by atoms with Gasteiger partial charge in [-0.2, -0.15) is 0 Å². The first-order valence-electron chi connectivity index (χ1n) is 9.43. The Morgan fingerprint density at radius 2 is 1.70 bits per heavy atom. The summed E-state index contributed by atoms with van der Waals surface area (Å²) in [6.07, 6.45) is 0. The number of carbonyl (C=O) groups excluding carboxylic acids is 2. The van der Waals surface area contributed by atoms with E-state index in [-0.39, 0.29) is 33.4 Å². The van der Waals surface area contributed by atoms with E-state index in [0.29, 0.717) is 16.5 Å². The topological polar surface area (TPSA) is 103 Å². The molecule has 0 saturated carbocycles. The molecule has 0 atom stereocenters. The van der Waals surface area contributed by atoms with Crippen molar-refractivity contribution in [2.45, 2.75) is 18.4 Å². The van der Waals surface area contributed by atoms with Crippen molar-refractivity contribution >= 4 is 50.9 Å². The predicted molar refractivity (Wildman–Crippen MR) is 122 cm³/mol. The lowest BCUT2D eigenvalue weighted by molar-refractivity contribution is 0.0443. The van der Waals surface area contributed by atoms with Gasteiger partial charge in [-0.15, -0.1) is 0 Å². The van der Waals surface area contributed by atoms with Gasteiger partial charge in [-0.25, -0.2) is 18.0 Å². The lowest BCUT2D eigenvalue weighted by atomic mass is 10.2. The van der Waals surface area contributed by atoms with E-state index >= 15 is 0 Å². The van der Waals surface area contributed by atoms with Gasteiger partial charge in [-0.05, 0) is 55.5 Å². The molecule has 0 fully saturated rings. The Morgan fingerprint density at radius 1 is 1.03 bits per heavy atom. The monoisotopic (exact) mass is 511 g/mol. The van der Waals surface area contributed by atoms with Crippen molar-refractivity contribution in [1.29, 1.82) is 0 Å². The number of esters is 2. The third-order valence-electron chi connectivity index (χ3n) is 4.72. The van der Waals surface area contributed by atoms with Crippen LogP contribution >= 0.6 is 23.2 Å². The first kappa shape index (κ1) is 24.6. The molecule has 0 aliphatic heterocycles. The number of nitrogens with zero attached hydrogens (tertiary/aromatic N) is 1. The molecule has 8 nitrogen and oxygen atoms in total. The van der Waals surface area contributed by atoms with Crippen LogP contribution < -0.4 is 4.31 Å². The molecular formula is C22H19Cl2NO7S. The maximum atomic E-state index is 13.1. The summed E-state index contributed by atoms with van der Waals surface area (Å²) in [6.45, 7) is 1.30. The molecule has 0 N–H and O–H groups in total. The van der Waals surface area contributed by atoms with Gasteiger partial charge in [0, 0.05) is 12.1 Å². The fraction of sp³-hybridized carbons (Fsp3) is 0.182. The Bertz CT molecular complexity index is 1300. The number of hydrogen-bond donors (Lipinski definition) is 0. The second-order valence-electron chi connectivity index (χ2n) is 6.84. The van der Waals surface area contributed by atoms with E-state index in [1.807, 2.05) is 0 Å². The lowest BCUT2D eigenvalue weighted by Crippen LogP contribution is -2.27. The molecule has 0 unspecified atom stereocenters. The SMILES string of the molecule is COC(=O)c1cc(COC(=O)c2ccc(Cl)c(S(=O)(=O)N(C)c3ccc(Cl)cc3)c2)oc1C. The molecule has 3 rings (SSSR count). The van der Waals surface area contributed by atoms with E-state index < -0.39 is 22.0 Å². The Hall–Kier alpha value is -3.01. The Balaban J connectivity index is 1.81. The van der Waals surface area contributed by atoms with Crippen molar-refractivity contribution in [2.24, 2.45) is 0 Å². The molecule has 0 radical (unpaired) electrons. The maximum absolute atomic E-state index is 13.1. The number of aryl methyl sites for hydroxylation is 1. The van der Waals surface area contributed by atoms with Crippen LogP contribution in [0.25, 0.3) is 0 Å². The number of rotatable bonds is 7. The summed E-state index contributed by atoms with van der Waals surface area (Å²) in [5.74, 6) is -0.833. The summed E-state index contributed by atoms with van der Waals surface area (Å²) in [5.41, 5.74) is 0.547. The van der Waals surface area contributed by atoms with Gasteiger partial charge in [-0.1, -0.05) is 23.2 Å². The molecule has 3 aromatic rings. The minimum atomic E-state index is -4.09. The van der Waals surface area contributed by atoms with Crippen molar-refractivity contribution in [3.63, 3.8) is 0 Å². The highest BCUT2D eigenvalue weighted by molar-refractivity contribution is 7.93. The molecule has 2 aromatic carbocycles. The van der Waals surface area contributed by atoms with E-state index in [9.17, 15) is 18.0 Å². The zero-order valence-corrected chi connectivity index (χ0v) is 20.1. The minimum absolute atomic E-state index is 0.0287. The summed E-state index contributed by atoms with van der Waals surface area (Å²) < 4.78 is 42.5. The fourth-order valence-electron chi connectivity index (χ4n) is 2.91. The van der Waals surface area contributed by atoms with Crippen LogP contribution in [0.4, 0.5) is 5.69 Å². The molecule has 174 valence electrons. The third-order valence-corrected chi connectivity index (χ3v) is 7.23. The predicted octanol–water partition coefficient (Wildman–Crippen LogP) is 4.86. The molecule has 0 aliphatic carbocycles. The molecule has 0 saturated heterocycles. The number of halogens is 2. The van der Waals surface area contributed by atoms with Crippen molar-refractivity contribution in [2.75, 3.05) is 18.5 Å². The second-order valence-corrected chi connectivity index (χ2v) is 9.63. The smallest absolute Gasteiger partial charge is 0.341 e. The molecule has 0 spiro atoms. The van der Waals surface area contributed by atoms with E-state index in [2.05, 4.69) is 4.74 Å². The van der Waals surface area contributed by atoms with Crippen molar-refractivity contribution in [3.8, 4) is 0 Å². The van der Waals surface area contributed by atoms with Gasteiger partial charge in [0.2, 0.25) is 0 Å². The number of sulfonamides is 1. The third kappa shape index (κ3) is 5.32. The number of benzene rings is 2. The molecule has 0 aliphatic rings. The van der Waals surface area contributed by atoms with E-state index in [1.54, 1.807) is 31.2 Å². The first-order valence-corrected chi connectivity index (χ1v) is 11.6. The van der Waals surface area contributed by atoms with Crippen LogP contribution in [-0.2, 0) is 26.1 Å². The normalized spacial score (nSPS) is 11.2. The van der Waals surface area contributed by atoms with Gasteiger partial charge in [0.05, 0.1) is 23.4 Å². The average Bonchev–Trinajstić information content (AvgIpc) is 3.17. The quantitative estimate of drug-likeness (QED) is 0.417. The Morgan fingerprint density at radius 3 is 2.33 bits per heavy atom. The second kappa shape index (κ2) is 9.86. The number of ether oxygens (including phenoxy) is 2. The van der Waals surface area contributed by atoms with Crippen LogP contribution in [0, 0.1) is 6.92 Å². The molecule has 1 heterocycles. The van der Waals surface area contributed by atoms with Crippen LogP contribution in [0.2, 0.25) is 10.0 Å². The number of furan rings is 1. The van der Waals surface area contributed by atoms with Crippen LogP contribution in [-0.4, -0.2) is 34.5 Å². The van der Waals surface area contributed by atoms with Gasteiger partial charge in [0.1, 0.15) is 28.6 Å². The number of anilines is 1. The van der Waals surface area contributed by atoms with Gasteiger partial charge in [0.15, 0.2) is 0 Å². The maximum Gasteiger partial charge on any atom is 0.341 e. The zero-order valence-electron chi connectivity index (χ0n) is 17.8. The number of methoxy groups -OCH3 is 1. The molecule has 0 bridgehead atoms. The first-order chi connectivity index (χ1) is 15.5. The van der Waals surface area contributed by atoms with Crippen LogP contribution in [0.15, 0.2) is 57.8 Å². The highest BCUT2D eigenvalue weighted by Crippen LogP contribution is 2.29. The van der Waals surface area contributed by atoms with Crippen LogP contribution in [0.1, 0.15) is 32.2 Å². The molecule has 1 aromatic heterocycles.